The van der Waals surface area contributed by atoms with E-state index >= 15 is 0 Å². The number of esters is 2. The molecule has 0 radical (unpaired) electrons. The molecule has 0 rings (SSSR count). The molecule has 0 spiro atoms. The molecule has 0 aliphatic rings. The van der Waals surface area contributed by atoms with E-state index in [1.54, 1.807) is 13.8 Å². The molecule has 0 heterocycles. The van der Waals surface area contributed by atoms with Crippen molar-refractivity contribution in [1.29, 1.82) is 0 Å². The van der Waals surface area contributed by atoms with Crippen LogP contribution in [-0.2, 0) is 38.2 Å². The second kappa shape index (κ2) is 24.8. The van der Waals surface area contributed by atoms with E-state index in [9.17, 15) is 49.2 Å². The van der Waals surface area contributed by atoms with Gasteiger partial charge in [0.2, 0.25) is 0 Å². The molecule has 15 heteroatoms. The summed E-state index contributed by atoms with van der Waals surface area (Å²) in [5, 5.41) is 57.0. The predicted octanol–water partition coefficient (Wildman–Crippen LogP) is 3.59. The fraction of sp³-hybridized carbons (Fsp3) is 0.824. The van der Waals surface area contributed by atoms with Crippen molar-refractivity contribution >= 4 is 35.8 Å². The quantitative estimate of drug-likeness (QED) is 0.0433. The van der Waals surface area contributed by atoms with Crippen LogP contribution in [0.2, 0.25) is 0 Å². The van der Waals surface area contributed by atoms with Gasteiger partial charge in [0, 0.05) is 12.5 Å². The number of ether oxygens (including phenoxy) is 2. The second-order valence-corrected chi connectivity index (χ2v) is 13.4. The molecule has 0 saturated heterocycles. The first kappa shape index (κ1) is 45.7. The third-order valence-corrected chi connectivity index (χ3v) is 8.60. The molecule has 49 heavy (non-hydrogen) atoms. The van der Waals surface area contributed by atoms with Gasteiger partial charge in [-0.05, 0) is 38.0 Å². The topological polar surface area (TPSA) is 268 Å². The van der Waals surface area contributed by atoms with Crippen molar-refractivity contribution < 1.29 is 68.9 Å². The maximum Gasteiger partial charge on any atom is 0.307 e. The van der Waals surface area contributed by atoms with Gasteiger partial charge in [-0.15, -0.1) is 0 Å². The molecule has 0 fully saturated rings. The summed E-state index contributed by atoms with van der Waals surface area (Å²) in [4.78, 5) is 71.6. The highest BCUT2D eigenvalue weighted by Crippen LogP contribution is 2.29. The third kappa shape index (κ3) is 21.4. The lowest BCUT2D eigenvalue weighted by atomic mass is 9.87. The van der Waals surface area contributed by atoms with E-state index in [4.69, 9.17) is 25.4 Å². The molecule has 9 atom stereocenters. The number of aliphatic hydroxyl groups is 2. The summed E-state index contributed by atoms with van der Waals surface area (Å²) in [6.45, 7) is 7.31. The fourth-order valence-corrected chi connectivity index (χ4v) is 5.58. The Labute approximate surface area is 288 Å². The van der Waals surface area contributed by atoms with Crippen LogP contribution < -0.4 is 5.73 Å². The number of nitrogens with two attached hydrogens (primary N) is 1. The first-order valence-electron chi connectivity index (χ1n) is 17.3. The number of aliphatic carboxylic acids is 4. The van der Waals surface area contributed by atoms with Crippen LogP contribution in [0, 0.1) is 23.7 Å². The van der Waals surface area contributed by atoms with Crippen LogP contribution in [0.3, 0.4) is 0 Å². The van der Waals surface area contributed by atoms with Crippen molar-refractivity contribution in [3.63, 3.8) is 0 Å². The number of aliphatic hydroxyl groups excluding tert-OH is 2. The highest BCUT2D eigenvalue weighted by molar-refractivity contribution is 5.83. The van der Waals surface area contributed by atoms with Crippen LogP contribution >= 0.6 is 0 Å². The maximum absolute atomic E-state index is 13.0. The summed E-state index contributed by atoms with van der Waals surface area (Å²) in [5.74, 6) is -11.3. The van der Waals surface area contributed by atoms with E-state index < -0.39 is 110 Å². The Morgan fingerprint density at radius 2 is 1.12 bits per heavy atom. The van der Waals surface area contributed by atoms with Gasteiger partial charge in [-0.2, -0.15) is 0 Å². The van der Waals surface area contributed by atoms with Gasteiger partial charge in [-0.25, -0.2) is 0 Å². The zero-order valence-corrected chi connectivity index (χ0v) is 29.3. The molecule has 0 aromatic rings. The zero-order chi connectivity index (χ0) is 37.7. The Hall–Kier alpha value is -3.30. The van der Waals surface area contributed by atoms with Crippen molar-refractivity contribution in [2.75, 3.05) is 0 Å². The van der Waals surface area contributed by atoms with Crippen molar-refractivity contribution in [3.8, 4) is 0 Å². The molecular formula is C34H59NO14. The Morgan fingerprint density at radius 3 is 1.57 bits per heavy atom. The van der Waals surface area contributed by atoms with E-state index in [2.05, 4.69) is 0 Å². The number of hydrogen-bond acceptors (Lipinski definition) is 11. The predicted molar refractivity (Wildman–Crippen MR) is 176 cm³/mol. The van der Waals surface area contributed by atoms with Crippen LogP contribution in [-0.4, -0.2) is 96.9 Å². The molecule has 0 aromatic carbocycles. The van der Waals surface area contributed by atoms with Crippen LogP contribution in [0.15, 0.2) is 0 Å². The smallest absolute Gasteiger partial charge is 0.307 e. The molecule has 284 valence electrons. The Kier molecular flexibility index (Phi) is 23.1. The van der Waals surface area contributed by atoms with Gasteiger partial charge in [0.15, 0.2) is 0 Å². The van der Waals surface area contributed by atoms with E-state index in [-0.39, 0.29) is 18.8 Å². The normalized spacial score (nSPS) is 17.0. The van der Waals surface area contributed by atoms with Gasteiger partial charge in [0.05, 0.1) is 49.7 Å². The number of unbranched alkanes of at least 4 members (excludes halogenated alkanes) is 4. The fourth-order valence-electron chi connectivity index (χ4n) is 5.58. The van der Waals surface area contributed by atoms with Gasteiger partial charge in [0.1, 0.15) is 12.2 Å². The molecule has 0 aliphatic heterocycles. The summed E-state index contributed by atoms with van der Waals surface area (Å²) >= 11 is 0. The van der Waals surface area contributed by atoms with Crippen LogP contribution in [0.4, 0.5) is 0 Å². The average molecular weight is 706 g/mol. The van der Waals surface area contributed by atoms with Crippen LogP contribution in [0.5, 0.6) is 0 Å². The second-order valence-electron chi connectivity index (χ2n) is 13.4. The Balaban J connectivity index is 5.84. The van der Waals surface area contributed by atoms with Crippen molar-refractivity contribution in [3.05, 3.63) is 0 Å². The molecule has 0 bridgehead atoms. The molecule has 0 amide bonds. The molecular weight excluding hydrogens is 646 g/mol. The van der Waals surface area contributed by atoms with Crippen molar-refractivity contribution in [2.45, 2.75) is 154 Å². The van der Waals surface area contributed by atoms with Gasteiger partial charge in [-0.1, -0.05) is 65.7 Å². The minimum Gasteiger partial charge on any atom is -0.481 e. The largest absolute Gasteiger partial charge is 0.481 e. The van der Waals surface area contributed by atoms with E-state index in [1.165, 1.54) is 0 Å². The van der Waals surface area contributed by atoms with Crippen molar-refractivity contribution in [2.24, 2.45) is 29.4 Å². The first-order valence-corrected chi connectivity index (χ1v) is 17.3. The highest BCUT2D eigenvalue weighted by atomic mass is 16.6. The van der Waals surface area contributed by atoms with Crippen LogP contribution in [0.25, 0.3) is 0 Å². The molecule has 0 aromatic heterocycles. The van der Waals surface area contributed by atoms with Gasteiger partial charge in [0.25, 0.3) is 0 Å². The molecule has 0 aliphatic carbocycles. The summed E-state index contributed by atoms with van der Waals surface area (Å²) in [6, 6.07) is -0.432. The molecule has 8 N–H and O–H groups in total. The van der Waals surface area contributed by atoms with Crippen molar-refractivity contribution in [1.82, 2.24) is 0 Å². The number of carboxylic acids is 4. The summed E-state index contributed by atoms with van der Waals surface area (Å²) in [6.07, 6.45) is 0.203. The summed E-state index contributed by atoms with van der Waals surface area (Å²) in [7, 11) is 0. The molecule has 0 saturated carbocycles. The third-order valence-electron chi connectivity index (χ3n) is 8.60. The van der Waals surface area contributed by atoms with Crippen LogP contribution in [0.1, 0.15) is 124 Å². The number of carbonyl (C=O) groups is 6. The number of carbonyl (C=O) groups excluding carboxylic acids is 2. The lowest BCUT2D eigenvalue weighted by molar-refractivity contribution is -0.177. The monoisotopic (exact) mass is 705 g/mol. The first-order chi connectivity index (χ1) is 22.9. The maximum atomic E-state index is 13.0. The zero-order valence-electron chi connectivity index (χ0n) is 29.3. The summed E-state index contributed by atoms with van der Waals surface area (Å²) < 4.78 is 11.5. The van der Waals surface area contributed by atoms with Gasteiger partial charge >= 0.3 is 35.8 Å². The highest BCUT2D eigenvalue weighted by Gasteiger charge is 2.37. The number of carboxylic acid groups (broad SMARTS) is 4. The lowest BCUT2D eigenvalue weighted by Gasteiger charge is -2.33. The summed E-state index contributed by atoms with van der Waals surface area (Å²) in [5.41, 5.74) is 5.64. The van der Waals surface area contributed by atoms with E-state index in [0.717, 1.165) is 38.5 Å². The minimum absolute atomic E-state index is 0.0859. The van der Waals surface area contributed by atoms with Gasteiger partial charge in [-0.3, -0.25) is 28.8 Å². The Morgan fingerprint density at radius 1 is 0.633 bits per heavy atom. The molecule has 15 nitrogen and oxygen atoms in total. The Bertz CT molecular complexity index is 1030. The minimum atomic E-state index is -1.55. The molecule has 0 unspecified atom stereocenters. The lowest BCUT2D eigenvalue weighted by Crippen LogP contribution is -2.42. The number of hydrogen-bond donors (Lipinski definition) is 7. The van der Waals surface area contributed by atoms with Gasteiger partial charge < -0.3 is 45.8 Å². The average Bonchev–Trinajstić information content (AvgIpc) is 2.98. The van der Waals surface area contributed by atoms with E-state index in [0.29, 0.717) is 19.3 Å². The van der Waals surface area contributed by atoms with E-state index in [1.807, 2.05) is 13.8 Å². The standard InChI is InChI=1S/C34H59NO14/c1-5-6-12-21(3)32(49-31(43)18-24(34(46)47)16-29(40)41)27(48-30(42)17-23(33(44)45)15-28(38)39)14-20(2)11-9-7-8-10-13-25(36)19-26(37)22(4)35/h20-27,32,36-37H,5-19,35H2,1-4H3,(H,38,39)(H,40,41)(H,44,45)(H,46,47)/t20-,21-,22+,23-,24-,25-,26+,27+,32-/m1/s1. The number of rotatable bonds is 29. The SMILES string of the molecule is CCCC[C@@H](C)[C@@H](OC(=O)C[C@@H](CC(=O)O)C(=O)O)[C@H](C[C@H](C)CCCCCC[C@@H](O)C[C@H](O)[C@H](C)N)OC(=O)C[C@@H](CC(=O)O)C(=O)O.